The van der Waals surface area contributed by atoms with Crippen LogP contribution in [0.15, 0.2) is 30.5 Å². The van der Waals surface area contributed by atoms with E-state index in [9.17, 15) is 4.39 Å². The number of hydrogen-bond acceptors (Lipinski definition) is 4. The van der Waals surface area contributed by atoms with Crippen LogP contribution in [0, 0.1) is 5.82 Å². The van der Waals surface area contributed by atoms with Gasteiger partial charge in [-0.25, -0.2) is 9.37 Å². The summed E-state index contributed by atoms with van der Waals surface area (Å²) in [7, 11) is 1.83. The van der Waals surface area contributed by atoms with Crippen LogP contribution >= 0.6 is 0 Å². The predicted octanol–water partition coefficient (Wildman–Crippen LogP) is 1.96. The number of nitrogens with one attached hydrogen (secondary N) is 1. The van der Waals surface area contributed by atoms with Crippen molar-refractivity contribution in [1.29, 1.82) is 0 Å². The summed E-state index contributed by atoms with van der Waals surface area (Å²) >= 11 is 0. The lowest BCUT2D eigenvalue weighted by Crippen LogP contribution is -2.16. The Balaban J connectivity index is 2.36. The SMILES string of the molecule is CNC(C)c1nncc(-c2ccc(F)cc2)n1. The third-order valence-corrected chi connectivity index (χ3v) is 2.54. The van der Waals surface area contributed by atoms with Crippen molar-refractivity contribution in [2.24, 2.45) is 0 Å². The van der Waals surface area contributed by atoms with Crippen molar-refractivity contribution in [3.05, 3.63) is 42.1 Å². The summed E-state index contributed by atoms with van der Waals surface area (Å²) in [5.74, 6) is 0.355. The first-order valence-electron chi connectivity index (χ1n) is 5.33. The molecular formula is C12H13FN4. The normalized spacial score (nSPS) is 12.4. The Kier molecular flexibility index (Phi) is 3.39. The van der Waals surface area contributed by atoms with Crippen LogP contribution in [-0.2, 0) is 0 Å². The molecule has 0 aliphatic heterocycles. The molecule has 0 spiro atoms. The predicted molar refractivity (Wildman–Crippen MR) is 62.7 cm³/mol. The van der Waals surface area contributed by atoms with Crippen LogP contribution in [0.3, 0.4) is 0 Å². The second-order valence-corrected chi connectivity index (χ2v) is 3.72. The van der Waals surface area contributed by atoms with Gasteiger partial charge in [-0.2, -0.15) is 5.10 Å². The van der Waals surface area contributed by atoms with E-state index in [1.54, 1.807) is 18.3 Å². The molecule has 0 radical (unpaired) electrons. The van der Waals surface area contributed by atoms with Crippen LogP contribution in [0.1, 0.15) is 18.8 Å². The molecule has 0 amide bonds. The van der Waals surface area contributed by atoms with E-state index in [0.29, 0.717) is 11.5 Å². The van der Waals surface area contributed by atoms with Crippen LogP contribution in [0.2, 0.25) is 0 Å². The molecule has 17 heavy (non-hydrogen) atoms. The number of benzene rings is 1. The fourth-order valence-electron chi connectivity index (χ4n) is 1.39. The fourth-order valence-corrected chi connectivity index (χ4v) is 1.39. The Bertz CT molecular complexity index is 498. The van der Waals surface area contributed by atoms with Crippen molar-refractivity contribution < 1.29 is 4.39 Å². The van der Waals surface area contributed by atoms with Gasteiger partial charge >= 0.3 is 0 Å². The molecule has 4 nitrogen and oxygen atoms in total. The minimum atomic E-state index is -0.264. The number of hydrogen-bond donors (Lipinski definition) is 1. The highest BCUT2D eigenvalue weighted by molar-refractivity contribution is 5.57. The third-order valence-electron chi connectivity index (χ3n) is 2.54. The van der Waals surface area contributed by atoms with Crippen LogP contribution in [0.25, 0.3) is 11.3 Å². The standard InChI is InChI=1S/C12H13FN4/c1-8(14-2)12-16-11(7-15-17-12)9-3-5-10(13)6-4-9/h3-8,14H,1-2H3. The fraction of sp³-hybridized carbons (Fsp3) is 0.250. The smallest absolute Gasteiger partial charge is 0.168 e. The molecular weight excluding hydrogens is 219 g/mol. The molecule has 2 rings (SSSR count). The number of nitrogens with zero attached hydrogens (tertiary/aromatic N) is 3. The van der Waals surface area contributed by atoms with Crippen molar-refractivity contribution >= 4 is 0 Å². The van der Waals surface area contributed by atoms with Crippen molar-refractivity contribution in [3.8, 4) is 11.3 Å². The maximum atomic E-state index is 12.8. The van der Waals surface area contributed by atoms with Gasteiger partial charge in [-0.05, 0) is 38.2 Å². The highest BCUT2D eigenvalue weighted by Gasteiger charge is 2.08. The second-order valence-electron chi connectivity index (χ2n) is 3.72. The number of aromatic nitrogens is 3. The molecule has 0 aliphatic carbocycles. The van der Waals surface area contributed by atoms with E-state index in [-0.39, 0.29) is 11.9 Å². The van der Waals surface area contributed by atoms with Crippen molar-refractivity contribution in [2.45, 2.75) is 13.0 Å². The third kappa shape index (κ3) is 2.62. The van der Waals surface area contributed by atoms with Crippen LogP contribution < -0.4 is 5.32 Å². The van der Waals surface area contributed by atoms with Gasteiger partial charge in [-0.3, -0.25) is 0 Å². The van der Waals surface area contributed by atoms with Gasteiger partial charge in [0, 0.05) is 5.56 Å². The quantitative estimate of drug-likeness (QED) is 0.878. The summed E-state index contributed by atoms with van der Waals surface area (Å²) in [5, 5.41) is 10.9. The van der Waals surface area contributed by atoms with Gasteiger partial charge in [0.05, 0.1) is 17.9 Å². The van der Waals surface area contributed by atoms with Gasteiger partial charge in [-0.1, -0.05) is 0 Å². The molecule has 1 aromatic carbocycles. The Morgan fingerprint density at radius 3 is 2.59 bits per heavy atom. The molecule has 0 aliphatic rings. The minimum Gasteiger partial charge on any atom is -0.311 e. The van der Waals surface area contributed by atoms with Crippen LogP contribution in [0.4, 0.5) is 4.39 Å². The summed E-state index contributed by atoms with van der Waals surface area (Å²) in [5.41, 5.74) is 1.52. The Morgan fingerprint density at radius 1 is 1.24 bits per heavy atom. The lowest BCUT2D eigenvalue weighted by atomic mass is 10.1. The molecule has 1 unspecified atom stereocenters. The highest BCUT2D eigenvalue weighted by Crippen LogP contribution is 2.17. The van der Waals surface area contributed by atoms with Crippen molar-refractivity contribution in [3.63, 3.8) is 0 Å². The second kappa shape index (κ2) is 4.97. The lowest BCUT2D eigenvalue weighted by molar-refractivity contribution is 0.597. The van der Waals surface area contributed by atoms with Gasteiger partial charge in [0.25, 0.3) is 0 Å². The summed E-state index contributed by atoms with van der Waals surface area (Å²) < 4.78 is 12.8. The van der Waals surface area contributed by atoms with Gasteiger partial charge < -0.3 is 5.32 Å². The van der Waals surface area contributed by atoms with E-state index < -0.39 is 0 Å². The van der Waals surface area contributed by atoms with E-state index in [2.05, 4.69) is 20.5 Å². The van der Waals surface area contributed by atoms with Crippen molar-refractivity contribution in [1.82, 2.24) is 20.5 Å². The van der Waals surface area contributed by atoms with E-state index in [4.69, 9.17) is 0 Å². The summed E-state index contributed by atoms with van der Waals surface area (Å²) in [6.07, 6.45) is 1.57. The lowest BCUT2D eigenvalue weighted by Gasteiger charge is -2.08. The van der Waals surface area contributed by atoms with Gasteiger partial charge in [-0.15, -0.1) is 5.10 Å². The zero-order chi connectivity index (χ0) is 12.3. The molecule has 1 heterocycles. The summed E-state index contributed by atoms with van der Waals surface area (Å²) in [6, 6.07) is 6.18. The van der Waals surface area contributed by atoms with Gasteiger partial charge in [0.1, 0.15) is 5.82 Å². The van der Waals surface area contributed by atoms with Crippen molar-refractivity contribution in [2.75, 3.05) is 7.05 Å². The minimum absolute atomic E-state index is 0.0305. The number of rotatable bonds is 3. The molecule has 0 saturated carbocycles. The Hall–Kier alpha value is -1.88. The first-order chi connectivity index (χ1) is 8.20. The molecule has 5 heteroatoms. The topological polar surface area (TPSA) is 50.7 Å². The Morgan fingerprint density at radius 2 is 1.94 bits per heavy atom. The monoisotopic (exact) mass is 232 g/mol. The molecule has 0 bridgehead atoms. The molecule has 88 valence electrons. The highest BCUT2D eigenvalue weighted by atomic mass is 19.1. The maximum Gasteiger partial charge on any atom is 0.168 e. The van der Waals surface area contributed by atoms with E-state index in [1.807, 2.05) is 14.0 Å². The van der Waals surface area contributed by atoms with Gasteiger partial charge in [0.2, 0.25) is 0 Å². The molecule has 2 aromatic rings. The van der Waals surface area contributed by atoms with Crippen LogP contribution in [-0.4, -0.2) is 22.2 Å². The maximum absolute atomic E-state index is 12.8. The average Bonchev–Trinajstić information content (AvgIpc) is 2.39. The van der Waals surface area contributed by atoms with Gasteiger partial charge in [0.15, 0.2) is 5.82 Å². The zero-order valence-electron chi connectivity index (χ0n) is 9.68. The molecule has 0 fully saturated rings. The largest absolute Gasteiger partial charge is 0.311 e. The first kappa shape index (κ1) is 11.6. The zero-order valence-corrected chi connectivity index (χ0v) is 9.68. The molecule has 1 N–H and O–H groups in total. The first-order valence-corrected chi connectivity index (χ1v) is 5.33. The molecule has 1 atom stereocenters. The molecule has 1 aromatic heterocycles. The summed E-state index contributed by atoms with van der Waals surface area (Å²) in [4.78, 5) is 4.38. The average molecular weight is 232 g/mol. The Labute approximate surface area is 98.9 Å². The van der Waals surface area contributed by atoms with E-state index in [0.717, 1.165) is 5.56 Å². The molecule has 0 saturated heterocycles. The van der Waals surface area contributed by atoms with Crippen LogP contribution in [0.5, 0.6) is 0 Å². The van der Waals surface area contributed by atoms with E-state index >= 15 is 0 Å². The summed E-state index contributed by atoms with van der Waals surface area (Å²) in [6.45, 7) is 1.95. The van der Waals surface area contributed by atoms with E-state index in [1.165, 1.54) is 12.1 Å². The number of halogens is 1.